The second-order valence-corrected chi connectivity index (χ2v) is 4.33. The second-order valence-electron chi connectivity index (χ2n) is 3.89. The Hall–Kier alpha value is -1.75. The lowest BCUT2D eigenvalue weighted by Gasteiger charge is -2.22. The molecule has 2 aromatic rings. The number of nitrogens with zero attached hydrogens (tertiary/aromatic N) is 1. The van der Waals surface area contributed by atoms with Crippen molar-refractivity contribution in [3.8, 4) is 0 Å². The molecule has 0 amide bonds. The molecule has 0 aliphatic rings. The maximum absolute atomic E-state index is 13.1. The molecule has 0 bridgehead atoms. The number of anilines is 1. The molecule has 1 N–H and O–H groups in total. The Balaban J connectivity index is 2.32. The second kappa shape index (κ2) is 5.48. The van der Waals surface area contributed by atoms with Crippen LogP contribution >= 0.6 is 11.6 Å². The van der Waals surface area contributed by atoms with Crippen LogP contribution in [-0.2, 0) is 0 Å². The first kappa shape index (κ1) is 13.7. The van der Waals surface area contributed by atoms with Crippen LogP contribution in [0.3, 0.4) is 0 Å². The number of benzene rings is 1. The number of aromatic nitrogens is 1. The molecule has 1 atom stereocenters. The molecule has 19 heavy (non-hydrogen) atoms. The molecule has 0 spiro atoms. The van der Waals surface area contributed by atoms with E-state index in [1.807, 2.05) is 0 Å². The van der Waals surface area contributed by atoms with E-state index in [1.54, 1.807) is 12.1 Å². The molecule has 0 radical (unpaired) electrons. The van der Waals surface area contributed by atoms with Crippen LogP contribution in [0, 0.1) is 0 Å². The zero-order valence-electron chi connectivity index (χ0n) is 9.66. The molecule has 0 fully saturated rings. The van der Waals surface area contributed by atoms with Gasteiger partial charge >= 0.3 is 6.18 Å². The van der Waals surface area contributed by atoms with Gasteiger partial charge < -0.3 is 5.32 Å². The average Bonchev–Trinajstić information content (AvgIpc) is 2.36. The van der Waals surface area contributed by atoms with Gasteiger partial charge in [0.15, 0.2) is 0 Å². The fraction of sp³-hybridized carbons (Fsp3) is 0.154. The molecule has 100 valence electrons. The number of hydrogen-bond acceptors (Lipinski definition) is 2. The quantitative estimate of drug-likeness (QED) is 0.901. The molecule has 0 saturated heterocycles. The van der Waals surface area contributed by atoms with Gasteiger partial charge in [-0.1, -0.05) is 29.8 Å². The summed E-state index contributed by atoms with van der Waals surface area (Å²) in [4.78, 5) is 3.84. The van der Waals surface area contributed by atoms with Crippen LogP contribution in [0.4, 0.5) is 19.0 Å². The van der Waals surface area contributed by atoms with Crippen LogP contribution in [0.15, 0.2) is 48.7 Å². The Labute approximate surface area is 113 Å². The van der Waals surface area contributed by atoms with Gasteiger partial charge in [-0.15, -0.1) is 0 Å². The van der Waals surface area contributed by atoms with E-state index in [0.717, 1.165) is 0 Å². The minimum atomic E-state index is -4.44. The Bertz CT molecular complexity index is 543. The molecular weight excluding hydrogens is 277 g/mol. The lowest BCUT2D eigenvalue weighted by Crippen LogP contribution is -2.28. The average molecular weight is 287 g/mol. The normalized spacial score (nSPS) is 13.1. The molecule has 1 heterocycles. The van der Waals surface area contributed by atoms with Crippen molar-refractivity contribution in [3.63, 3.8) is 0 Å². The zero-order valence-corrected chi connectivity index (χ0v) is 10.4. The molecule has 0 saturated carbocycles. The summed E-state index contributed by atoms with van der Waals surface area (Å²) in [6.07, 6.45) is -3.02. The predicted octanol–water partition coefficient (Wildman–Crippen LogP) is 4.45. The monoisotopic (exact) mass is 286 g/mol. The van der Waals surface area contributed by atoms with Crippen LogP contribution in [-0.4, -0.2) is 11.2 Å². The number of alkyl halides is 3. The Morgan fingerprint density at radius 2 is 1.89 bits per heavy atom. The van der Waals surface area contributed by atoms with Gasteiger partial charge in [0.2, 0.25) is 0 Å². The molecule has 1 aromatic carbocycles. The number of pyridine rings is 1. The highest BCUT2D eigenvalue weighted by molar-refractivity contribution is 6.30. The summed E-state index contributed by atoms with van der Waals surface area (Å²) in [7, 11) is 0. The van der Waals surface area contributed by atoms with Crippen molar-refractivity contribution in [3.05, 3.63) is 59.2 Å². The SMILES string of the molecule is FC(F)(F)C(Nc1ccccn1)c1cccc(Cl)c1. The summed E-state index contributed by atoms with van der Waals surface area (Å²) in [5.74, 6) is 0.157. The van der Waals surface area contributed by atoms with Crippen molar-refractivity contribution >= 4 is 17.4 Å². The van der Waals surface area contributed by atoms with Crippen LogP contribution < -0.4 is 5.32 Å². The molecule has 0 aliphatic carbocycles. The smallest absolute Gasteiger partial charge is 0.355 e. The Kier molecular flexibility index (Phi) is 3.95. The van der Waals surface area contributed by atoms with E-state index < -0.39 is 12.2 Å². The van der Waals surface area contributed by atoms with Crippen LogP contribution in [0.1, 0.15) is 11.6 Å². The van der Waals surface area contributed by atoms with Gasteiger partial charge in [0, 0.05) is 11.2 Å². The summed E-state index contributed by atoms with van der Waals surface area (Å²) < 4.78 is 39.3. The van der Waals surface area contributed by atoms with Gasteiger partial charge in [0.25, 0.3) is 0 Å². The summed E-state index contributed by atoms with van der Waals surface area (Å²) in [6, 6.07) is 8.55. The minimum absolute atomic E-state index is 0.0469. The standard InChI is InChI=1S/C13H10ClF3N2/c14-10-5-3-4-9(8-10)12(13(15,16)17)19-11-6-1-2-7-18-11/h1-8,12H,(H,18,19). The van der Waals surface area contributed by atoms with Gasteiger partial charge in [-0.25, -0.2) is 4.98 Å². The third-order valence-corrected chi connectivity index (χ3v) is 2.70. The van der Waals surface area contributed by atoms with Gasteiger partial charge in [-0.2, -0.15) is 13.2 Å². The first-order valence-corrected chi connectivity index (χ1v) is 5.84. The highest BCUT2D eigenvalue weighted by Crippen LogP contribution is 2.35. The molecular formula is C13H10ClF3N2. The van der Waals surface area contributed by atoms with Crippen molar-refractivity contribution in [2.75, 3.05) is 5.32 Å². The molecule has 2 rings (SSSR count). The molecule has 0 aliphatic heterocycles. The van der Waals surface area contributed by atoms with Crippen molar-refractivity contribution < 1.29 is 13.2 Å². The van der Waals surface area contributed by atoms with Crippen molar-refractivity contribution in [2.24, 2.45) is 0 Å². The van der Waals surface area contributed by atoms with Crippen molar-refractivity contribution in [2.45, 2.75) is 12.2 Å². The fourth-order valence-electron chi connectivity index (χ4n) is 1.64. The number of halogens is 4. The van der Waals surface area contributed by atoms with Crippen LogP contribution in [0.2, 0.25) is 5.02 Å². The number of nitrogens with one attached hydrogen (secondary N) is 1. The summed E-state index contributed by atoms with van der Waals surface area (Å²) in [6.45, 7) is 0. The summed E-state index contributed by atoms with van der Waals surface area (Å²) in [5, 5.41) is 2.63. The molecule has 6 heteroatoms. The van der Waals surface area contributed by atoms with Gasteiger partial charge in [0.1, 0.15) is 11.9 Å². The first-order chi connectivity index (χ1) is 8.97. The first-order valence-electron chi connectivity index (χ1n) is 5.46. The number of rotatable bonds is 3. The summed E-state index contributed by atoms with van der Waals surface area (Å²) in [5.41, 5.74) is 0.0469. The highest BCUT2D eigenvalue weighted by atomic mass is 35.5. The van der Waals surface area contributed by atoms with E-state index >= 15 is 0 Å². The van der Waals surface area contributed by atoms with Gasteiger partial charge in [-0.05, 0) is 29.8 Å². The van der Waals surface area contributed by atoms with E-state index in [-0.39, 0.29) is 16.4 Å². The van der Waals surface area contributed by atoms with E-state index in [2.05, 4.69) is 10.3 Å². The topological polar surface area (TPSA) is 24.9 Å². The van der Waals surface area contributed by atoms with Gasteiger partial charge in [0.05, 0.1) is 0 Å². The van der Waals surface area contributed by atoms with E-state index in [0.29, 0.717) is 0 Å². The Morgan fingerprint density at radius 3 is 2.47 bits per heavy atom. The van der Waals surface area contributed by atoms with E-state index in [4.69, 9.17) is 11.6 Å². The van der Waals surface area contributed by atoms with Crippen molar-refractivity contribution in [1.29, 1.82) is 0 Å². The Morgan fingerprint density at radius 1 is 1.11 bits per heavy atom. The van der Waals surface area contributed by atoms with Crippen LogP contribution in [0.5, 0.6) is 0 Å². The largest absolute Gasteiger partial charge is 0.412 e. The van der Waals surface area contributed by atoms with Crippen molar-refractivity contribution in [1.82, 2.24) is 4.98 Å². The van der Waals surface area contributed by atoms with E-state index in [1.165, 1.54) is 36.5 Å². The fourth-order valence-corrected chi connectivity index (χ4v) is 1.84. The molecule has 2 nitrogen and oxygen atoms in total. The third kappa shape index (κ3) is 3.61. The third-order valence-electron chi connectivity index (χ3n) is 2.47. The zero-order chi connectivity index (χ0) is 13.9. The van der Waals surface area contributed by atoms with Gasteiger partial charge in [-0.3, -0.25) is 0 Å². The summed E-state index contributed by atoms with van der Waals surface area (Å²) >= 11 is 5.73. The lowest BCUT2D eigenvalue weighted by molar-refractivity contribution is -0.144. The molecule has 1 aromatic heterocycles. The number of hydrogen-bond donors (Lipinski definition) is 1. The van der Waals surface area contributed by atoms with E-state index in [9.17, 15) is 13.2 Å². The van der Waals surface area contributed by atoms with Crippen LogP contribution in [0.25, 0.3) is 0 Å². The predicted molar refractivity (Wildman–Crippen MR) is 68.1 cm³/mol. The lowest BCUT2D eigenvalue weighted by atomic mass is 10.1. The minimum Gasteiger partial charge on any atom is -0.355 e. The maximum Gasteiger partial charge on any atom is 0.412 e. The molecule has 1 unspecified atom stereocenters. The highest BCUT2D eigenvalue weighted by Gasteiger charge is 2.41. The maximum atomic E-state index is 13.1.